The Morgan fingerprint density at radius 1 is 1.00 bits per heavy atom. The van der Waals surface area contributed by atoms with Gasteiger partial charge in [0.15, 0.2) is 0 Å². The summed E-state index contributed by atoms with van der Waals surface area (Å²) in [5.41, 5.74) is 1.35. The first-order valence-corrected chi connectivity index (χ1v) is 8.84. The molecule has 0 N–H and O–H groups in total. The minimum Gasteiger partial charge on any atom is -0.494 e. The molecule has 0 spiro atoms. The van der Waals surface area contributed by atoms with Gasteiger partial charge in [0.05, 0.1) is 20.3 Å². The lowest BCUT2D eigenvalue weighted by Crippen LogP contribution is -2.06. The van der Waals surface area contributed by atoms with Crippen LogP contribution in [-0.2, 0) is 19.1 Å². The van der Waals surface area contributed by atoms with Gasteiger partial charge in [-0.15, -0.1) is 0 Å². The van der Waals surface area contributed by atoms with Gasteiger partial charge in [-0.1, -0.05) is 38.0 Å². The fourth-order valence-corrected chi connectivity index (χ4v) is 2.12. The summed E-state index contributed by atoms with van der Waals surface area (Å²) in [4.78, 5) is 22.2. The summed E-state index contributed by atoms with van der Waals surface area (Å²) in [5, 5.41) is 0. The largest absolute Gasteiger partial charge is 0.494 e. The summed E-state index contributed by atoms with van der Waals surface area (Å²) in [6, 6.07) is 7.54. The van der Waals surface area contributed by atoms with Crippen LogP contribution >= 0.6 is 0 Å². The zero-order chi connectivity index (χ0) is 19.2. The van der Waals surface area contributed by atoms with Gasteiger partial charge in [-0.25, -0.2) is 9.59 Å². The lowest BCUT2D eigenvalue weighted by molar-refractivity contribution is -0.139. The van der Waals surface area contributed by atoms with E-state index in [2.05, 4.69) is 11.3 Å². The third kappa shape index (κ3) is 9.67. The van der Waals surface area contributed by atoms with Crippen LogP contribution in [0, 0.1) is 0 Å². The van der Waals surface area contributed by atoms with E-state index in [-0.39, 0.29) is 11.9 Å². The monoisotopic (exact) mass is 360 g/mol. The molecule has 1 rings (SSSR count). The molecule has 0 amide bonds. The second-order valence-corrected chi connectivity index (χ2v) is 5.96. The van der Waals surface area contributed by atoms with Crippen molar-refractivity contribution < 1.29 is 23.8 Å². The van der Waals surface area contributed by atoms with E-state index >= 15 is 0 Å². The van der Waals surface area contributed by atoms with Crippen molar-refractivity contribution in [3.05, 3.63) is 48.1 Å². The average molecular weight is 360 g/mol. The van der Waals surface area contributed by atoms with Gasteiger partial charge in [-0.3, -0.25) is 0 Å². The molecule has 0 aromatic heterocycles. The molecule has 1 aromatic rings. The number of methoxy groups -OCH3 is 1. The molecular weight excluding hydrogens is 332 g/mol. The van der Waals surface area contributed by atoms with Gasteiger partial charge in [0.2, 0.25) is 0 Å². The lowest BCUT2D eigenvalue weighted by Gasteiger charge is -2.07. The molecule has 0 unspecified atom stereocenters. The molecule has 5 nitrogen and oxygen atoms in total. The van der Waals surface area contributed by atoms with E-state index in [1.165, 1.54) is 13.2 Å². The second kappa shape index (κ2) is 12.8. The number of esters is 2. The maximum atomic E-state index is 11.2. The van der Waals surface area contributed by atoms with Gasteiger partial charge in [0, 0.05) is 11.6 Å². The molecule has 0 fully saturated rings. The molecular formula is C21H28O5. The van der Waals surface area contributed by atoms with Crippen LogP contribution in [0.2, 0.25) is 0 Å². The minimum absolute atomic E-state index is 0.315. The van der Waals surface area contributed by atoms with Crippen molar-refractivity contribution in [2.45, 2.75) is 39.0 Å². The number of unbranched alkanes of at least 4 members (excludes halogenated alkanes) is 4. The van der Waals surface area contributed by atoms with Crippen LogP contribution in [0.5, 0.6) is 5.75 Å². The molecule has 142 valence electrons. The number of hydrogen-bond donors (Lipinski definition) is 0. The highest BCUT2D eigenvalue weighted by Gasteiger charge is 2.01. The number of benzene rings is 1. The van der Waals surface area contributed by atoms with E-state index in [1.54, 1.807) is 13.0 Å². The maximum Gasteiger partial charge on any atom is 0.333 e. The number of ether oxygens (including phenoxy) is 3. The summed E-state index contributed by atoms with van der Waals surface area (Å²) < 4.78 is 15.3. The fraction of sp³-hybridized carbons (Fsp3) is 0.429. The topological polar surface area (TPSA) is 61.8 Å². The highest BCUT2D eigenvalue weighted by Crippen LogP contribution is 2.14. The van der Waals surface area contributed by atoms with Crippen LogP contribution in [0.1, 0.15) is 44.6 Å². The van der Waals surface area contributed by atoms with Crippen molar-refractivity contribution >= 4 is 18.0 Å². The van der Waals surface area contributed by atoms with Gasteiger partial charge < -0.3 is 14.2 Å². The molecule has 0 saturated heterocycles. The van der Waals surface area contributed by atoms with Gasteiger partial charge >= 0.3 is 11.9 Å². The second-order valence-electron chi connectivity index (χ2n) is 5.96. The first-order chi connectivity index (χ1) is 12.5. The molecule has 0 aliphatic carbocycles. The van der Waals surface area contributed by atoms with Crippen LogP contribution in [0.15, 0.2) is 42.5 Å². The summed E-state index contributed by atoms with van der Waals surface area (Å²) in [6.45, 7) is 6.32. The Balaban J connectivity index is 2.07. The number of carbonyl (C=O) groups excluding carboxylic acids is 2. The van der Waals surface area contributed by atoms with Crippen molar-refractivity contribution in [1.82, 2.24) is 0 Å². The quantitative estimate of drug-likeness (QED) is 0.315. The molecule has 0 aliphatic rings. The normalized spacial score (nSPS) is 10.5. The molecule has 26 heavy (non-hydrogen) atoms. The third-order valence-corrected chi connectivity index (χ3v) is 3.63. The van der Waals surface area contributed by atoms with Crippen molar-refractivity contribution in [2.75, 3.05) is 20.3 Å². The number of carbonyl (C=O) groups is 2. The molecule has 0 heterocycles. The van der Waals surface area contributed by atoms with E-state index in [9.17, 15) is 9.59 Å². The summed E-state index contributed by atoms with van der Waals surface area (Å²) in [6.07, 6.45) is 8.14. The minimum atomic E-state index is -0.376. The van der Waals surface area contributed by atoms with Gasteiger partial charge in [0.25, 0.3) is 0 Å². The summed E-state index contributed by atoms with van der Waals surface area (Å²) in [7, 11) is 1.35. The van der Waals surface area contributed by atoms with Crippen molar-refractivity contribution in [1.29, 1.82) is 0 Å². The zero-order valence-corrected chi connectivity index (χ0v) is 15.7. The zero-order valence-electron chi connectivity index (χ0n) is 15.7. The number of hydrogen-bond acceptors (Lipinski definition) is 5. The van der Waals surface area contributed by atoms with Crippen LogP contribution < -0.4 is 4.74 Å². The summed E-state index contributed by atoms with van der Waals surface area (Å²) in [5.74, 6) is 0.122. The molecule has 0 atom stereocenters. The maximum absolute atomic E-state index is 11.2. The Kier molecular flexibility index (Phi) is 10.5. The Labute approximate surface area is 155 Å². The van der Waals surface area contributed by atoms with Crippen LogP contribution in [0.4, 0.5) is 0 Å². The van der Waals surface area contributed by atoms with Gasteiger partial charge in [-0.2, -0.15) is 0 Å². The molecule has 0 saturated carbocycles. The molecule has 0 radical (unpaired) electrons. The van der Waals surface area contributed by atoms with Crippen LogP contribution in [-0.4, -0.2) is 32.3 Å². The van der Waals surface area contributed by atoms with E-state index in [4.69, 9.17) is 9.47 Å². The lowest BCUT2D eigenvalue weighted by atomic mass is 10.1. The van der Waals surface area contributed by atoms with Gasteiger partial charge in [0.1, 0.15) is 5.75 Å². The van der Waals surface area contributed by atoms with E-state index in [1.807, 2.05) is 24.3 Å². The van der Waals surface area contributed by atoms with Crippen molar-refractivity contribution in [3.8, 4) is 5.75 Å². The predicted molar refractivity (Wildman–Crippen MR) is 102 cm³/mol. The molecule has 0 bridgehead atoms. The van der Waals surface area contributed by atoms with E-state index < -0.39 is 0 Å². The predicted octanol–water partition coefficient (Wildman–Crippen LogP) is 4.32. The number of rotatable bonds is 12. The third-order valence-electron chi connectivity index (χ3n) is 3.63. The average Bonchev–Trinajstić information content (AvgIpc) is 2.65. The van der Waals surface area contributed by atoms with E-state index in [0.717, 1.165) is 43.4 Å². The smallest absolute Gasteiger partial charge is 0.333 e. The van der Waals surface area contributed by atoms with Crippen molar-refractivity contribution in [3.63, 3.8) is 0 Å². The first kappa shape index (κ1) is 21.5. The van der Waals surface area contributed by atoms with Crippen LogP contribution in [0.25, 0.3) is 6.08 Å². The molecule has 0 aliphatic heterocycles. The standard InChI is InChI=1S/C21H28O5/c1-17(2)21(23)26-16-8-6-4-5-7-15-25-19-12-9-18(10-13-19)11-14-20(22)24-3/h9-14H,1,4-8,15-16H2,2-3H3/b14-11+. The Morgan fingerprint density at radius 3 is 2.23 bits per heavy atom. The Hall–Kier alpha value is -2.56. The summed E-state index contributed by atoms with van der Waals surface area (Å²) >= 11 is 0. The van der Waals surface area contributed by atoms with E-state index in [0.29, 0.717) is 18.8 Å². The highest BCUT2D eigenvalue weighted by atomic mass is 16.5. The highest BCUT2D eigenvalue weighted by molar-refractivity contribution is 5.87. The SMILES string of the molecule is C=C(C)C(=O)OCCCCCCCOc1ccc(/C=C/C(=O)OC)cc1. The van der Waals surface area contributed by atoms with Crippen molar-refractivity contribution in [2.24, 2.45) is 0 Å². The molecule has 5 heteroatoms. The fourth-order valence-electron chi connectivity index (χ4n) is 2.12. The Bertz CT molecular complexity index is 601. The first-order valence-electron chi connectivity index (χ1n) is 8.84. The van der Waals surface area contributed by atoms with Crippen LogP contribution in [0.3, 0.4) is 0 Å². The Morgan fingerprint density at radius 2 is 1.62 bits per heavy atom. The van der Waals surface area contributed by atoms with Gasteiger partial charge in [-0.05, 0) is 43.5 Å². The molecule has 1 aromatic carbocycles.